The zero-order valence-corrected chi connectivity index (χ0v) is 14.7. The summed E-state index contributed by atoms with van der Waals surface area (Å²) < 4.78 is 2.97. The molecule has 5 heteroatoms. The molecule has 2 aromatic rings. The maximum atomic E-state index is 6.06. The van der Waals surface area contributed by atoms with E-state index in [9.17, 15) is 0 Å². The van der Waals surface area contributed by atoms with E-state index in [1.165, 1.54) is 0 Å². The minimum Gasteiger partial charge on any atom is -0.379 e. The lowest BCUT2D eigenvalue weighted by molar-refractivity contribution is 1.14. The Morgan fingerprint density at radius 3 is 2.22 bits per heavy atom. The molecule has 0 saturated carbocycles. The highest BCUT2D eigenvalue weighted by atomic mass is 79.9. The van der Waals surface area contributed by atoms with Crippen LogP contribution in [-0.2, 0) is 6.54 Å². The molecule has 94 valence electrons. The van der Waals surface area contributed by atoms with Gasteiger partial charge >= 0.3 is 0 Å². The van der Waals surface area contributed by atoms with Crippen LogP contribution in [0.5, 0.6) is 0 Å². The summed E-state index contributed by atoms with van der Waals surface area (Å²) in [6, 6.07) is 11.9. The predicted molar refractivity (Wildman–Crippen MR) is 88.3 cm³/mol. The summed E-state index contributed by atoms with van der Waals surface area (Å²) >= 11 is 16.5. The molecule has 0 aliphatic heterocycles. The molecule has 1 nitrogen and oxygen atoms in total. The van der Waals surface area contributed by atoms with Crippen LogP contribution < -0.4 is 5.32 Å². The number of hydrogen-bond acceptors (Lipinski definition) is 1. The molecule has 1 N–H and O–H groups in total. The molecule has 0 spiro atoms. The smallest absolute Gasteiger partial charge is 0.0631 e. The molecule has 2 rings (SSSR count). The Morgan fingerprint density at radius 2 is 1.61 bits per heavy atom. The molecule has 0 bridgehead atoms. The first-order valence-electron chi connectivity index (χ1n) is 5.20. The van der Waals surface area contributed by atoms with Crippen molar-refractivity contribution in [3.63, 3.8) is 0 Å². The van der Waals surface area contributed by atoms with E-state index in [2.05, 4.69) is 53.1 Å². The molecular formula is C13H9Br3ClN. The number of hydrogen-bond donors (Lipinski definition) is 1. The second-order valence-corrected chi connectivity index (χ2v) is 6.67. The van der Waals surface area contributed by atoms with Gasteiger partial charge in [0.15, 0.2) is 0 Å². The van der Waals surface area contributed by atoms with Crippen molar-refractivity contribution in [3.8, 4) is 0 Å². The van der Waals surface area contributed by atoms with Gasteiger partial charge in [0.25, 0.3) is 0 Å². The van der Waals surface area contributed by atoms with E-state index in [0.29, 0.717) is 6.54 Å². The van der Waals surface area contributed by atoms with Gasteiger partial charge in [0.2, 0.25) is 0 Å². The number of halogens is 4. The number of para-hydroxylation sites is 1. The molecule has 0 saturated heterocycles. The minimum atomic E-state index is 0.716. The van der Waals surface area contributed by atoms with Crippen LogP contribution in [0.3, 0.4) is 0 Å². The number of anilines is 1. The quantitative estimate of drug-likeness (QED) is 0.579. The third kappa shape index (κ3) is 3.50. The fraction of sp³-hybridized carbons (Fsp3) is 0.0769. The average Bonchev–Trinajstić information content (AvgIpc) is 2.33. The van der Waals surface area contributed by atoms with Gasteiger partial charge in [0, 0.05) is 20.0 Å². The fourth-order valence-corrected chi connectivity index (χ4v) is 3.24. The summed E-state index contributed by atoms with van der Waals surface area (Å²) in [6.07, 6.45) is 0. The van der Waals surface area contributed by atoms with E-state index in [-0.39, 0.29) is 0 Å². The topological polar surface area (TPSA) is 12.0 Å². The minimum absolute atomic E-state index is 0.716. The lowest BCUT2D eigenvalue weighted by Crippen LogP contribution is -2.00. The molecule has 0 fully saturated rings. The van der Waals surface area contributed by atoms with Crippen molar-refractivity contribution in [2.45, 2.75) is 6.54 Å². The molecule has 0 aromatic heterocycles. The van der Waals surface area contributed by atoms with Crippen molar-refractivity contribution >= 4 is 65.1 Å². The average molecular weight is 454 g/mol. The third-order valence-corrected chi connectivity index (χ3v) is 4.97. The summed E-state index contributed by atoms with van der Waals surface area (Å²) in [7, 11) is 0. The van der Waals surface area contributed by atoms with Crippen molar-refractivity contribution < 1.29 is 0 Å². The van der Waals surface area contributed by atoms with Crippen molar-refractivity contribution in [1.82, 2.24) is 0 Å². The molecule has 0 unspecified atom stereocenters. The Labute approximate surface area is 136 Å². The normalized spacial score (nSPS) is 10.4. The SMILES string of the molecule is Clc1cc(CNc2c(Br)cccc2Br)ccc1Br. The Kier molecular flexibility index (Phi) is 5.13. The maximum Gasteiger partial charge on any atom is 0.0631 e. The highest BCUT2D eigenvalue weighted by Gasteiger charge is 2.04. The van der Waals surface area contributed by atoms with E-state index < -0.39 is 0 Å². The molecule has 0 amide bonds. The van der Waals surface area contributed by atoms with Gasteiger partial charge in [-0.2, -0.15) is 0 Å². The van der Waals surface area contributed by atoms with Crippen LogP contribution in [0.1, 0.15) is 5.56 Å². The van der Waals surface area contributed by atoms with Crippen molar-refractivity contribution in [3.05, 3.63) is 60.4 Å². The highest BCUT2D eigenvalue weighted by Crippen LogP contribution is 2.31. The van der Waals surface area contributed by atoms with E-state index in [1.54, 1.807) is 0 Å². The van der Waals surface area contributed by atoms with Crippen LogP contribution >= 0.6 is 59.4 Å². The summed E-state index contributed by atoms with van der Waals surface area (Å²) in [5.41, 5.74) is 2.17. The zero-order valence-electron chi connectivity index (χ0n) is 9.18. The van der Waals surface area contributed by atoms with E-state index >= 15 is 0 Å². The molecule has 0 aliphatic rings. The van der Waals surface area contributed by atoms with Crippen LogP contribution in [0.25, 0.3) is 0 Å². The number of rotatable bonds is 3. The largest absolute Gasteiger partial charge is 0.379 e. The summed E-state index contributed by atoms with van der Waals surface area (Å²) in [5.74, 6) is 0. The Balaban J connectivity index is 2.14. The van der Waals surface area contributed by atoms with Crippen molar-refractivity contribution in [1.29, 1.82) is 0 Å². The van der Waals surface area contributed by atoms with E-state index in [1.807, 2.05) is 36.4 Å². The third-order valence-electron chi connectivity index (χ3n) is 2.42. The van der Waals surface area contributed by atoms with Gasteiger partial charge < -0.3 is 5.32 Å². The first kappa shape index (κ1) is 14.4. The van der Waals surface area contributed by atoms with Crippen molar-refractivity contribution in [2.75, 3.05) is 5.32 Å². The molecule has 0 heterocycles. The van der Waals surface area contributed by atoms with Gasteiger partial charge in [0.05, 0.1) is 10.7 Å². The molecular weight excluding hydrogens is 445 g/mol. The van der Waals surface area contributed by atoms with Crippen LogP contribution in [0.15, 0.2) is 49.8 Å². The Hall–Kier alpha value is -0.0300. The van der Waals surface area contributed by atoms with Gasteiger partial charge in [-0.25, -0.2) is 0 Å². The number of benzene rings is 2. The van der Waals surface area contributed by atoms with Gasteiger partial charge in [-0.05, 0) is 77.6 Å². The predicted octanol–water partition coefficient (Wildman–Crippen LogP) is 6.24. The number of nitrogens with one attached hydrogen (secondary N) is 1. The molecule has 0 atom stereocenters. The van der Waals surface area contributed by atoms with Gasteiger partial charge in [-0.1, -0.05) is 23.7 Å². The van der Waals surface area contributed by atoms with Crippen LogP contribution in [0.2, 0.25) is 5.02 Å². The maximum absolute atomic E-state index is 6.06. The van der Waals surface area contributed by atoms with Crippen LogP contribution in [0, 0.1) is 0 Å². The first-order chi connectivity index (χ1) is 8.58. The second-order valence-electron chi connectivity index (χ2n) is 3.70. The highest BCUT2D eigenvalue weighted by molar-refractivity contribution is 9.11. The second kappa shape index (κ2) is 6.42. The molecule has 0 radical (unpaired) electrons. The van der Waals surface area contributed by atoms with Crippen molar-refractivity contribution in [2.24, 2.45) is 0 Å². The Bertz CT molecular complexity index is 552. The standard InChI is InChI=1S/C13H9Br3ClN/c14-9-5-4-8(6-12(9)17)7-18-13-10(15)2-1-3-11(13)16/h1-6,18H,7H2. The van der Waals surface area contributed by atoms with Crippen LogP contribution in [-0.4, -0.2) is 0 Å². The van der Waals surface area contributed by atoms with E-state index in [0.717, 1.165) is 29.7 Å². The summed E-state index contributed by atoms with van der Waals surface area (Å²) in [4.78, 5) is 0. The van der Waals surface area contributed by atoms with Gasteiger partial charge in [-0.3, -0.25) is 0 Å². The van der Waals surface area contributed by atoms with Gasteiger partial charge in [-0.15, -0.1) is 0 Å². The summed E-state index contributed by atoms with van der Waals surface area (Å²) in [6.45, 7) is 0.716. The lowest BCUT2D eigenvalue weighted by Gasteiger charge is -2.11. The van der Waals surface area contributed by atoms with E-state index in [4.69, 9.17) is 11.6 Å². The van der Waals surface area contributed by atoms with Gasteiger partial charge in [0.1, 0.15) is 0 Å². The fourth-order valence-electron chi connectivity index (χ4n) is 1.51. The zero-order chi connectivity index (χ0) is 13.1. The lowest BCUT2D eigenvalue weighted by atomic mass is 10.2. The molecule has 2 aromatic carbocycles. The monoisotopic (exact) mass is 451 g/mol. The first-order valence-corrected chi connectivity index (χ1v) is 7.95. The van der Waals surface area contributed by atoms with Crippen LogP contribution in [0.4, 0.5) is 5.69 Å². The molecule has 18 heavy (non-hydrogen) atoms. The summed E-state index contributed by atoms with van der Waals surface area (Å²) in [5, 5.41) is 4.10. The molecule has 0 aliphatic carbocycles. The Morgan fingerprint density at radius 1 is 0.944 bits per heavy atom.